The highest BCUT2D eigenvalue weighted by molar-refractivity contribution is 7.89. The molecule has 0 saturated carbocycles. The number of nitrogens with one attached hydrogen (secondary N) is 1. The molecule has 0 bridgehead atoms. The zero-order chi connectivity index (χ0) is 22.7. The molecule has 0 unspecified atom stereocenters. The number of anilines is 1. The fraction of sp³-hybridized carbons (Fsp3) is 0.304. The van der Waals surface area contributed by atoms with Crippen molar-refractivity contribution in [3.63, 3.8) is 0 Å². The van der Waals surface area contributed by atoms with Crippen LogP contribution >= 0.6 is 11.3 Å². The summed E-state index contributed by atoms with van der Waals surface area (Å²) in [5.74, 6) is -0.652. The Morgan fingerprint density at radius 3 is 2.59 bits per heavy atom. The molecule has 1 aliphatic rings. The molecule has 0 spiro atoms. The lowest BCUT2D eigenvalue weighted by atomic mass is 9.97. The lowest BCUT2D eigenvalue weighted by molar-refractivity contribution is -0.120. The zero-order valence-corrected chi connectivity index (χ0v) is 19.3. The first-order valence-corrected chi connectivity index (χ1v) is 12.6. The Labute approximate surface area is 191 Å². The number of hydrogen-bond acceptors (Lipinski definition) is 5. The van der Waals surface area contributed by atoms with Gasteiger partial charge in [-0.15, -0.1) is 11.3 Å². The second-order valence-electron chi connectivity index (χ2n) is 7.87. The van der Waals surface area contributed by atoms with Crippen molar-refractivity contribution >= 4 is 32.4 Å². The molecule has 1 fully saturated rings. The normalized spacial score (nSPS) is 15.6. The van der Waals surface area contributed by atoms with Crippen molar-refractivity contribution in [3.05, 3.63) is 76.5 Å². The minimum Gasteiger partial charge on any atom is -0.302 e. The summed E-state index contributed by atoms with van der Waals surface area (Å²) < 4.78 is 40.7. The first-order chi connectivity index (χ1) is 15.3. The van der Waals surface area contributed by atoms with Crippen LogP contribution in [0.1, 0.15) is 28.8 Å². The second-order valence-corrected chi connectivity index (χ2v) is 10.9. The average Bonchev–Trinajstić information content (AvgIpc) is 3.23. The largest absolute Gasteiger partial charge is 0.302 e. The lowest BCUT2D eigenvalue weighted by Gasteiger charge is -2.30. The third-order valence-corrected chi connectivity index (χ3v) is 8.43. The summed E-state index contributed by atoms with van der Waals surface area (Å²) in [6.07, 6.45) is 3.14. The Kier molecular flexibility index (Phi) is 6.68. The van der Waals surface area contributed by atoms with Gasteiger partial charge in [-0.1, -0.05) is 30.3 Å². The van der Waals surface area contributed by atoms with Gasteiger partial charge in [0.1, 0.15) is 5.82 Å². The molecule has 0 aliphatic carbocycles. The molecule has 1 aliphatic heterocycles. The monoisotopic (exact) mass is 473 g/mol. The number of carbonyl (C=O) groups excluding carboxylic acids is 1. The SMILES string of the molecule is Cc1ccc(Cc2cnc(NC(=O)C3CCN(S(=O)(=O)c4ccccc4)CC3)s2)cc1F. The fourth-order valence-electron chi connectivity index (χ4n) is 3.70. The molecule has 32 heavy (non-hydrogen) atoms. The number of aryl methyl sites for hydroxylation is 1. The van der Waals surface area contributed by atoms with E-state index in [2.05, 4.69) is 10.3 Å². The Morgan fingerprint density at radius 1 is 1.19 bits per heavy atom. The van der Waals surface area contributed by atoms with Crippen LogP contribution in [0.15, 0.2) is 59.6 Å². The Bertz CT molecular complexity index is 1200. The quantitative estimate of drug-likeness (QED) is 0.581. The number of sulfonamides is 1. The van der Waals surface area contributed by atoms with E-state index in [9.17, 15) is 17.6 Å². The smallest absolute Gasteiger partial charge is 0.243 e. The molecule has 1 N–H and O–H groups in total. The number of aromatic nitrogens is 1. The van der Waals surface area contributed by atoms with Gasteiger partial charge in [-0.3, -0.25) is 4.79 Å². The molecular formula is C23H24FN3O3S2. The number of thiazole rings is 1. The van der Waals surface area contributed by atoms with Gasteiger partial charge in [0.15, 0.2) is 5.13 Å². The molecule has 1 amide bonds. The van der Waals surface area contributed by atoms with Crippen molar-refractivity contribution in [2.24, 2.45) is 5.92 Å². The van der Waals surface area contributed by atoms with Crippen molar-refractivity contribution in [1.82, 2.24) is 9.29 Å². The molecule has 3 aromatic rings. The first kappa shape index (κ1) is 22.6. The second kappa shape index (κ2) is 9.48. The van der Waals surface area contributed by atoms with Crippen molar-refractivity contribution < 1.29 is 17.6 Å². The Hall–Kier alpha value is -2.62. The first-order valence-electron chi connectivity index (χ1n) is 10.4. The van der Waals surface area contributed by atoms with Gasteiger partial charge in [-0.25, -0.2) is 17.8 Å². The predicted molar refractivity (Wildman–Crippen MR) is 123 cm³/mol. The van der Waals surface area contributed by atoms with Gasteiger partial charge >= 0.3 is 0 Å². The van der Waals surface area contributed by atoms with E-state index in [-0.39, 0.29) is 22.5 Å². The van der Waals surface area contributed by atoms with Crippen LogP contribution in [0, 0.1) is 18.7 Å². The Balaban J connectivity index is 1.32. The summed E-state index contributed by atoms with van der Waals surface area (Å²) in [7, 11) is -3.54. The van der Waals surface area contributed by atoms with E-state index in [0.29, 0.717) is 43.0 Å². The summed E-state index contributed by atoms with van der Waals surface area (Å²) in [5, 5.41) is 3.35. The van der Waals surface area contributed by atoms with Crippen LogP contribution in [0.4, 0.5) is 9.52 Å². The number of halogens is 1. The lowest BCUT2D eigenvalue weighted by Crippen LogP contribution is -2.41. The summed E-state index contributed by atoms with van der Waals surface area (Å²) in [6.45, 7) is 2.33. The van der Waals surface area contributed by atoms with Crippen LogP contribution in [-0.2, 0) is 21.2 Å². The maximum absolute atomic E-state index is 13.8. The van der Waals surface area contributed by atoms with Crippen LogP contribution < -0.4 is 5.32 Å². The van der Waals surface area contributed by atoms with E-state index in [1.54, 1.807) is 49.5 Å². The number of rotatable bonds is 6. The zero-order valence-electron chi connectivity index (χ0n) is 17.6. The molecule has 0 atom stereocenters. The van der Waals surface area contributed by atoms with E-state index >= 15 is 0 Å². The van der Waals surface area contributed by atoms with E-state index in [1.165, 1.54) is 21.7 Å². The number of carbonyl (C=O) groups is 1. The molecule has 1 aromatic heterocycles. The molecule has 2 heterocycles. The average molecular weight is 474 g/mol. The van der Waals surface area contributed by atoms with Crippen molar-refractivity contribution in [2.75, 3.05) is 18.4 Å². The number of benzene rings is 2. The third kappa shape index (κ3) is 5.06. The van der Waals surface area contributed by atoms with Gasteiger partial charge in [-0.05, 0) is 49.1 Å². The highest BCUT2D eigenvalue weighted by Gasteiger charge is 2.32. The molecule has 6 nitrogen and oxygen atoms in total. The fourth-order valence-corrected chi connectivity index (χ4v) is 6.04. The van der Waals surface area contributed by atoms with Crippen molar-refractivity contribution in [2.45, 2.75) is 31.1 Å². The van der Waals surface area contributed by atoms with E-state index in [0.717, 1.165) is 10.4 Å². The van der Waals surface area contributed by atoms with Crippen LogP contribution in [0.25, 0.3) is 0 Å². The molecule has 4 rings (SSSR count). The maximum atomic E-state index is 13.8. The minimum atomic E-state index is -3.54. The Morgan fingerprint density at radius 2 is 1.91 bits per heavy atom. The van der Waals surface area contributed by atoms with Crippen LogP contribution in [0.5, 0.6) is 0 Å². The number of nitrogens with zero attached hydrogens (tertiary/aromatic N) is 2. The molecule has 2 aromatic carbocycles. The summed E-state index contributed by atoms with van der Waals surface area (Å²) in [5.41, 5.74) is 1.45. The topological polar surface area (TPSA) is 79.4 Å². The molecule has 1 saturated heterocycles. The standard InChI is InChI=1S/C23H24FN3O3S2/c1-16-7-8-17(14-21(16)24)13-19-15-25-23(31-19)26-22(28)18-9-11-27(12-10-18)32(29,30)20-5-3-2-4-6-20/h2-8,14-15,18H,9-13H2,1H3,(H,25,26,28). The molecule has 9 heteroatoms. The van der Waals surface area contributed by atoms with Crippen LogP contribution in [-0.4, -0.2) is 36.7 Å². The minimum absolute atomic E-state index is 0.149. The van der Waals surface area contributed by atoms with Crippen LogP contribution in [0.3, 0.4) is 0 Å². The number of hydrogen-bond donors (Lipinski definition) is 1. The van der Waals surface area contributed by atoms with Gasteiger partial charge in [0.05, 0.1) is 4.90 Å². The predicted octanol–water partition coefficient (Wildman–Crippen LogP) is 4.22. The van der Waals surface area contributed by atoms with E-state index < -0.39 is 10.0 Å². The molecule has 0 radical (unpaired) electrons. The summed E-state index contributed by atoms with van der Waals surface area (Å²) in [6, 6.07) is 13.5. The van der Waals surface area contributed by atoms with E-state index in [1.807, 2.05) is 6.07 Å². The number of amides is 1. The van der Waals surface area contributed by atoms with Crippen molar-refractivity contribution in [3.8, 4) is 0 Å². The highest BCUT2D eigenvalue weighted by atomic mass is 32.2. The molecule has 168 valence electrons. The van der Waals surface area contributed by atoms with Gasteiger partial charge in [0.2, 0.25) is 15.9 Å². The van der Waals surface area contributed by atoms with Gasteiger partial charge in [-0.2, -0.15) is 4.31 Å². The van der Waals surface area contributed by atoms with E-state index in [4.69, 9.17) is 0 Å². The van der Waals surface area contributed by atoms with Crippen molar-refractivity contribution in [1.29, 1.82) is 0 Å². The number of piperidine rings is 1. The van der Waals surface area contributed by atoms with Gasteiger partial charge in [0, 0.05) is 36.5 Å². The van der Waals surface area contributed by atoms with Gasteiger partial charge < -0.3 is 5.32 Å². The van der Waals surface area contributed by atoms with Gasteiger partial charge in [0.25, 0.3) is 0 Å². The van der Waals surface area contributed by atoms with Crippen LogP contribution in [0.2, 0.25) is 0 Å². The summed E-state index contributed by atoms with van der Waals surface area (Å²) >= 11 is 1.36. The maximum Gasteiger partial charge on any atom is 0.243 e. The molecular weight excluding hydrogens is 449 g/mol. The summed E-state index contributed by atoms with van der Waals surface area (Å²) in [4.78, 5) is 18.1. The third-order valence-electron chi connectivity index (χ3n) is 5.60. The highest BCUT2D eigenvalue weighted by Crippen LogP contribution is 2.27.